The minimum Gasteiger partial charge on any atom is -2.00 e. The maximum Gasteiger partial charge on any atom is 0 e. The van der Waals surface area contributed by atoms with Crippen molar-refractivity contribution in [1.82, 2.24) is 0 Å². The summed E-state index contributed by atoms with van der Waals surface area (Å²) in [7, 11) is 0. The molecule has 0 saturated carbocycles. The van der Waals surface area contributed by atoms with Crippen molar-refractivity contribution in [2.75, 3.05) is 0 Å². The van der Waals surface area contributed by atoms with Crippen molar-refractivity contribution in [3.05, 3.63) is 0 Å². The van der Waals surface area contributed by atoms with Gasteiger partial charge in [0.15, 0.2) is 0 Å². The van der Waals surface area contributed by atoms with Crippen LogP contribution in [-0.2, 0) is 50.6 Å². The zero-order chi connectivity index (χ0) is 0. The van der Waals surface area contributed by atoms with Crippen LogP contribution in [0, 0.1) is 0 Å². The monoisotopic (exact) mass is 267 g/mol. The maximum absolute atomic E-state index is 0. The molecule has 0 aliphatic heterocycles. The van der Waals surface area contributed by atoms with Crippen LogP contribution < -0.4 is 0 Å². The van der Waals surface area contributed by atoms with E-state index in [4.69, 9.17) is 0 Å². The molecule has 0 N–H and O–H groups in total. The molecule has 0 aromatic carbocycles. The van der Waals surface area contributed by atoms with E-state index in [1.807, 2.05) is 0 Å². The second-order valence-electron chi connectivity index (χ2n) is 0. The average molecular weight is 267 g/mol. The Morgan fingerprint density at radius 3 is 0.750 bits per heavy atom. The summed E-state index contributed by atoms with van der Waals surface area (Å²) in [6, 6.07) is 0. The summed E-state index contributed by atoms with van der Waals surface area (Å²) in [5.41, 5.74) is 0. The SMILES string of the molecule is [O-2].[O-2].[V].[W]. The summed E-state index contributed by atoms with van der Waals surface area (Å²) >= 11 is 0. The predicted octanol–water partition coefficient (Wildman–Crippen LogP) is -0.243. The summed E-state index contributed by atoms with van der Waals surface area (Å²) < 4.78 is 0. The van der Waals surface area contributed by atoms with Crippen LogP contribution in [0.5, 0.6) is 0 Å². The van der Waals surface area contributed by atoms with Gasteiger partial charge in [0.1, 0.15) is 0 Å². The molecule has 0 saturated heterocycles. The first-order valence-electron chi connectivity index (χ1n) is 0. The van der Waals surface area contributed by atoms with Gasteiger partial charge in [0.05, 0.1) is 0 Å². The molecule has 0 aliphatic rings. The molecule has 0 spiro atoms. The van der Waals surface area contributed by atoms with Gasteiger partial charge in [-0.25, -0.2) is 0 Å². The van der Waals surface area contributed by atoms with E-state index >= 15 is 0 Å². The van der Waals surface area contributed by atoms with Crippen molar-refractivity contribution in [3.8, 4) is 0 Å². The molecule has 2 nitrogen and oxygen atoms in total. The molecule has 0 rings (SSSR count). The molecule has 0 aromatic heterocycles. The Balaban J connectivity index is 0. The fraction of sp³-hybridized carbons (Fsp3) is 0. The van der Waals surface area contributed by atoms with Crippen molar-refractivity contribution in [3.63, 3.8) is 0 Å². The standard InChI is InChI=1S/2O.V.W/q2*-2;;. The van der Waals surface area contributed by atoms with Gasteiger partial charge in [-0.15, -0.1) is 0 Å². The van der Waals surface area contributed by atoms with Gasteiger partial charge < -0.3 is 11.0 Å². The summed E-state index contributed by atoms with van der Waals surface area (Å²) in [5, 5.41) is 0. The van der Waals surface area contributed by atoms with Crippen LogP contribution in [0.1, 0.15) is 0 Å². The van der Waals surface area contributed by atoms with Crippen LogP contribution in [0.25, 0.3) is 0 Å². The largest absolute Gasteiger partial charge is 2.00 e. The Kier molecular flexibility index (Phi) is 482. The topological polar surface area (TPSA) is 57.0 Å². The Bertz CT molecular complexity index is 6.00. The Morgan fingerprint density at radius 2 is 0.750 bits per heavy atom. The van der Waals surface area contributed by atoms with E-state index in [1.165, 1.54) is 0 Å². The van der Waals surface area contributed by atoms with Gasteiger partial charge in [0.2, 0.25) is 0 Å². The van der Waals surface area contributed by atoms with E-state index in [0.717, 1.165) is 0 Å². The fourth-order valence-corrected chi connectivity index (χ4v) is 0. The third-order valence-electron chi connectivity index (χ3n) is 0. The molecule has 0 fully saturated rings. The first-order chi connectivity index (χ1) is 0. The Morgan fingerprint density at radius 1 is 0.750 bits per heavy atom. The third kappa shape index (κ3) is 10.8. The van der Waals surface area contributed by atoms with Gasteiger partial charge in [-0.05, 0) is 0 Å². The molecule has 27 valence electrons. The maximum atomic E-state index is 0. The number of hydrogen-bond donors (Lipinski definition) is 0. The second-order valence-corrected chi connectivity index (χ2v) is 0. The van der Waals surface area contributed by atoms with E-state index in [2.05, 4.69) is 0 Å². The zero-order valence-corrected chi connectivity index (χ0v) is 6.00. The molecule has 4 heavy (non-hydrogen) atoms. The van der Waals surface area contributed by atoms with Crippen LogP contribution in [0.4, 0.5) is 0 Å². The molecule has 0 aliphatic carbocycles. The van der Waals surface area contributed by atoms with Gasteiger partial charge in [-0.3, -0.25) is 0 Å². The summed E-state index contributed by atoms with van der Waals surface area (Å²) in [6.07, 6.45) is 0. The average Bonchev–Trinajstić information content (AvgIpc) is 0. The van der Waals surface area contributed by atoms with E-state index in [9.17, 15) is 0 Å². The molecule has 0 atom stereocenters. The summed E-state index contributed by atoms with van der Waals surface area (Å²) in [4.78, 5) is 0. The molecule has 0 heterocycles. The van der Waals surface area contributed by atoms with E-state index in [-0.39, 0.29) is 50.6 Å². The Hall–Kier alpha value is 1.19. The molecule has 0 bridgehead atoms. The summed E-state index contributed by atoms with van der Waals surface area (Å²) in [5.74, 6) is 0. The first kappa shape index (κ1) is 64.2. The number of hydrogen-bond acceptors (Lipinski definition) is 0. The van der Waals surface area contributed by atoms with Crippen LogP contribution in [0.15, 0.2) is 0 Å². The van der Waals surface area contributed by atoms with Gasteiger partial charge in [-0.2, -0.15) is 0 Å². The molecular formula is O2VW-4. The fourth-order valence-electron chi connectivity index (χ4n) is 0. The first-order valence-corrected chi connectivity index (χ1v) is 0. The molecule has 0 unspecified atom stereocenters. The quantitative estimate of drug-likeness (QED) is 0.581. The van der Waals surface area contributed by atoms with E-state index in [1.54, 1.807) is 0 Å². The molecule has 0 amide bonds. The molecule has 1 radical (unpaired) electrons. The third-order valence-corrected chi connectivity index (χ3v) is 0. The van der Waals surface area contributed by atoms with Crippen molar-refractivity contribution >= 4 is 0 Å². The zero-order valence-electron chi connectivity index (χ0n) is 1.67. The summed E-state index contributed by atoms with van der Waals surface area (Å²) in [6.45, 7) is 0. The van der Waals surface area contributed by atoms with Crippen LogP contribution in [0.3, 0.4) is 0 Å². The minimum absolute atomic E-state index is 0. The molecule has 4 heteroatoms. The number of rotatable bonds is 0. The Labute approximate surface area is 50.7 Å². The molecule has 0 aromatic rings. The van der Waals surface area contributed by atoms with Gasteiger partial charge in [0, 0.05) is 39.6 Å². The smallest absolute Gasteiger partial charge is 0 e. The van der Waals surface area contributed by atoms with Crippen LogP contribution in [-0.4, -0.2) is 0 Å². The van der Waals surface area contributed by atoms with Gasteiger partial charge in [-0.1, -0.05) is 0 Å². The van der Waals surface area contributed by atoms with Crippen LogP contribution >= 0.6 is 0 Å². The van der Waals surface area contributed by atoms with Crippen molar-refractivity contribution in [2.24, 2.45) is 0 Å². The van der Waals surface area contributed by atoms with Crippen LogP contribution in [0.2, 0.25) is 0 Å². The van der Waals surface area contributed by atoms with Gasteiger partial charge >= 0.3 is 0 Å². The second kappa shape index (κ2) is 30.0. The van der Waals surface area contributed by atoms with Gasteiger partial charge in [0.25, 0.3) is 0 Å². The van der Waals surface area contributed by atoms with E-state index < -0.39 is 0 Å². The normalized spacial score (nSPS) is 0. The predicted molar refractivity (Wildman–Crippen MR) is 1.37 cm³/mol. The van der Waals surface area contributed by atoms with Crippen molar-refractivity contribution in [2.45, 2.75) is 0 Å². The molecular weight excluding hydrogens is 267 g/mol. The van der Waals surface area contributed by atoms with Crippen molar-refractivity contribution in [1.29, 1.82) is 0 Å². The van der Waals surface area contributed by atoms with E-state index in [0.29, 0.717) is 0 Å². The minimum atomic E-state index is 0. The van der Waals surface area contributed by atoms with Crippen molar-refractivity contribution < 1.29 is 50.6 Å².